The van der Waals surface area contributed by atoms with Crippen LogP contribution < -0.4 is 5.56 Å². The second-order valence-electron chi connectivity index (χ2n) is 7.65. The van der Waals surface area contributed by atoms with Crippen molar-refractivity contribution in [3.05, 3.63) is 56.7 Å². The molecule has 1 fully saturated rings. The first kappa shape index (κ1) is 23.0. The van der Waals surface area contributed by atoms with Crippen molar-refractivity contribution in [2.24, 2.45) is 0 Å². The number of fused-ring (bicyclic) bond motifs is 1. The Morgan fingerprint density at radius 1 is 1.25 bits per heavy atom. The van der Waals surface area contributed by atoms with Gasteiger partial charge in [0.05, 0.1) is 31.8 Å². The minimum atomic E-state index is -0.505. The number of thioether (sulfide) groups is 1. The van der Waals surface area contributed by atoms with Crippen LogP contribution in [0.5, 0.6) is 0 Å². The number of benzene rings is 1. The first-order valence-corrected chi connectivity index (χ1v) is 12.3. The lowest BCUT2D eigenvalue weighted by molar-refractivity contribution is -0.134. The maximum Gasteiger partial charge on any atom is 0.263 e. The second kappa shape index (κ2) is 10.2. The van der Waals surface area contributed by atoms with Gasteiger partial charge in [0.15, 0.2) is 5.16 Å². The Morgan fingerprint density at radius 3 is 2.66 bits per heavy atom. The number of ether oxygens (including phenoxy) is 2. The predicted octanol–water partition coefficient (Wildman–Crippen LogP) is 3.41. The number of hydrogen-bond acceptors (Lipinski definition) is 7. The first-order chi connectivity index (χ1) is 15.5. The summed E-state index contributed by atoms with van der Waals surface area (Å²) in [4.78, 5) is 35.5. The lowest BCUT2D eigenvalue weighted by atomic mass is 10.1. The van der Waals surface area contributed by atoms with Crippen molar-refractivity contribution in [3.8, 4) is 0 Å². The molecule has 1 aromatic carbocycles. The molecular formula is C23H27N3O4S2. The van der Waals surface area contributed by atoms with Gasteiger partial charge in [-0.25, -0.2) is 4.98 Å². The molecule has 0 bridgehead atoms. The Bertz CT molecular complexity index is 1150. The number of nitrogens with zero attached hydrogens (tertiary/aromatic N) is 3. The van der Waals surface area contributed by atoms with Crippen LogP contribution in [0.4, 0.5) is 0 Å². The van der Waals surface area contributed by atoms with Gasteiger partial charge >= 0.3 is 0 Å². The molecule has 0 spiro atoms. The van der Waals surface area contributed by atoms with Crippen molar-refractivity contribution in [1.29, 1.82) is 0 Å². The predicted molar refractivity (Wildman–Crippen MR) is 128 cm³/mol. The normalized spacial score (nSPS) is 15.3. The molecule has 9 heteroatoms. The van der Waals surface area contributed by atoms with Crippen LogP contribution in [0.25, 0.3) is 10.2 Å². The zero-order chi connectivity index (χ0) is 22.7. The SMILES string of the molecule is COCCn1c(SC(C(=O)N2CCOCC2)c2ccccc2)nc2sc(C)c(C)c2c1=O. The number of carbonyl (C=O) groups is 1. The number of rotatable bonds is 7. The van der Waals surface area contributed by atoms with Gasteiger partial charge in [-0.05, 0) is 25.0 Å². The van der Waals surface area contributed by atoms with Gasteiger partial charge in [0, 0.05) is 25.1 Å². The third kappa shape index (κ3) is 4.61. The molecule has 1 unspecified atom stereocenters. The molecule has 170 valence electrons. The average molecular weight is 474 g/mol. The summed E-state index contributed by atoms with van der Waals surface area (Å²) < 4.78 is 12.3. The van der Waals surface area contributed by atoms with Crippen molar-refractivity contribution < 1.29 is 14.3 Å². The van der Waals surface area contributed by atoms with E-state index in [1.807, 2.05) is 49.1 Å². The van der Waals surface area contributed by atoms with E-state index in [9.17, 15) is 9.59 Å². The van der Waals surface area contributed by atoms with E-state index >= 15 is 0 Å². The van der Waals surface area contributed by atoms with Crippen LogP contribution >= 0.6 is 23.1 Å². The Balaban J connectivity index is 1.79. The third-order valence-corrected chi connectivity index (χ3v) is 7.98. The van der Waals surface area contributed by atoms with E-state index in [-0.39, 0.29) is 11.5 Å². The van der Waals surface area contributed by atoms with Crippen molar-refractivity contribution >= 4 is 39.2 Å². The van der Waals surface area contributed by atoms with Gasteiger partial charge in [-0.15, -0.1) is 11.3 Å². The van der Waals surface area contributed by atoms with Crippen LogP contribution in [0.2, 0.25) is 0 Å². The summed E-state index contributed by atoms with van der Waals surface area (Å²) in [6.07, 6.45) is 0. The number of morpholine rings is 1. The van der Waals surface area contributed by atoms with E-state index in [0.29, 0.717) is 54.8 Å². The zero-order valence-electron chi connectivity index (χ0n) is 18.5. The monoisotopic (exact) mass is 473 g/mol. The van der Waals surface area contributed by atoms with Crippen LogP contribution in [0.3, 0.4) is 0 Å². The highest BCUT2D eigenvalue weighted by Crippen LogP contribution is 2.37. The summed E-state index contributed by atoms with van der Waals surface area (Å²) >= 11 is 2.85. The molecule has 3 heterocycles. The number of amides is 1. The number of thiophene rings is 1. The third-order valence-electron chi connectivity index (χ3n) is 5.65. The molecule has 1 aliphatic rings. The molecule has 1 amide bonds. The number of aryl methyl sites for hydroxylation is 2. The van der Waals surface area contributed by atoms with Gasteiger partial charge in [-0.2, -0.15) is 0 Å². The summed E-state index contributed by atoms with van der Waals surface area (Å²) in [6, 6.07) is 9.68. The molecule has 1 saturated heterocycles. The lowest BCUT2D eigenvalue weighted by Gasteiger charge is -2.30. The topological polar surface area (TPSA) is 73.7 Å². The van der Waals surface area contributed by atoms with Crippen molar-refractivity contribution in [3.63, 3.8) is 0 Å². The molecule has 4 rings (SSSR count). The van der Waals surface area contributed by atoms with Crippen molar-refractivity contribution in [1.82, 2.24) is 14.5 Å². The number of methoxy groups -OCH3 is 1. The van der Waals surface area contributed by atoms with Crippen molar-refractivity contribution in [2.45, 2.75) is 30.8 Å². The summed E-state index contributed by atoms with van der Waals surface area (Å²) in [6.45, 7) is 6.92. The van der Waals surface area contributed by atoms with E-state index in [4.69, 9.17) is 14.5 Å². The standard InChI is InChI=1S/C23H27N3O4S2/c1-15-16(2)31-20-18(15)21(27)26(11-12-29-3)23(24-20)32-19(17-7-5-4-6-8-17)22(28)25-9-13-30-14-10-25/h4-8,19H,9-14H2,1-3H3. The van der Waals surface area contributed by atoms with Crippen LogP contribution in [-0.4, -0.2) is 60.4 Å². The molecular weight excluding hydrogens is 446 g/mol. The van der Waals surface area contributed by atoms with Gasteiger partial charge in [0.25, 0.3) is 5.56 Å². The fraction of sp³-hybridized carbons (Fsp3) is 0.435. The molecule has 0 saturated carbocycles. The van der Waals surface area contributed by atoms with Crippen LogP contribution in [0.15, 0.2) is 40.3 Å². The Hall–Kier alpha value is -2.20. The Kier molecular flexibility index (Phi) is 7.30. The second-order valence-corrected chi connectivity index (χ2v) is 9.93. The van der Waals surface area contributed by atoms with E-state index in [2.05, 4.69) is 0 Å². The van der Waals surface area contributed by atoms with Gasteiger partial charge < -0.3 is 14.4 Å². The molecule has 1 atom stereocenters. The largest absolute Gasteiger partial charge is 0.383 e. The highest BCUT2D eigenvalue weighted by Gasteiger charge is 2.30. The van der Waals surface area contributed by atoms with Crippen LogP contribution in [0, 0.1) is 13.8 Å². The number of aromatic nitrogens is 2. The van der Waals surface area contributed by atoms with E-state index < -0.39 is 5.25 Å². The molecule has 32 heavy (non-hydrogen) atoms. The van der Waals surface area contributed by atoms with Crippen molar-refractivity contribution in [2.75, 3.05) is 40.0 Å². The van der Waals surface area contributed by atoms with Crippen LogP contribution in [0.1, 0.15) is 21.3 Å². The molecule has 0 N–H and O–H groups in total. The summed E-state index contributed by atoms with van der Waals surface area (Å²) in [5.74, 6) is 0.00989. The minimum absolute atomic E-state index is 0.00989. The average Bonchev–Trinajstić information content (AvgIpc) is 3.11. The zero-order valence-corrected chi connectivity index (χ0v) is 20.1. The summed E-state index contributed by atoms with van der Waals surface area (Å²) in [5, 5.41) is 0.689. The van der Waals surface area contributed by atoms with Gasteiger partial charge in [0.2, 0.25) is 5.91 Å². The van der Waals surface area contributed by atoms with Gasteiger partial charge in [-0.1, -0.05) is 42.1 Å². The highest BCUT2D eigenvalue weighted by molar-refractivity contribution is 8.00. The Labute approximate surface area is 195 Å². The molecule has 1 aliphatic heterocycles. The molecule has 0 radical (unpaired) electrons. The van der Waals surface area contributed by atoms with E-state index in [0.717, 1.165) is 16.0 Å². The Morgan fingerprint density at radius 2 is 1.97 bits per heavy atom. The van der Waals surface area contributed by atoms with E-state index in [1.54, 1.807) is 11.7 Å². The quantitative estimate of drug-likeness (QED) is 0.387. The lowest BCUT2D eigenvalue weighted by Crippen LogP contribution is -2.42. The van der Waals surface area contributed by atoms with Gasteiger partial charge in [-0.3, -0.25) is 14.2 Å². The number of hydrogen-bond donors (Lipinski definition) is 0. The highest BCUT2D eigenvalue weighted by atomic mass is 32.2. The first-order valence-electron chi connectivity index (χ1n) is 10.6. The summed E-state index contributed by atoms with van der Waals surface area (Å²) in [7, 11) is 1.61. The fourth-order valence-corrected chi connectivity index (χ4v) is 6.00. The number of carbonyl (C=O) groups excluding carboxylic acids is 1. The maximum absolute atomic E-state index is 13.5. The minimum Gasteiger partial charge on any atom is -0.383 e. The van der Waals surface area contributed by atoms with Gasteiger partial charge in [0.1, 0.15) is 10.1 Å². The molecule has 3 aromatic rings. The molecule has 0 aliphatic carbocycles. The summed E-state index contributed by atoms with van der Waals surface area (Å²) in [5.41, 5.74) is 1.77. The van der Waals surface area contributed by atoms with Crippen LogP contribution in [-0.2, 0) is 20.8 Å². The maximum atomic E-state index is 13.5. The van der Waals surface area contributed by atoms with E-state index in [1.165, 1.54) is 23.1 Å². The fourth-order valence-electron chi connectivity index (χ4n) is 3.72. The molecule has 2 aromatic heterocycles. The smallest absolute Gasteiger partial charge is 0.263 e. The molecule has 7 nitrogen and oxygen atoms in total.